The van der Waals surface area contributed by atoms with Crippen molar-refractivity contribution in [3.05, 3.63) is 77.4 Å². The van der Waals surface area contributed by atoms with Crippen molar-refractivity contribution in [2.75, 3.05) is 31.6 Å². The van der Waals surface area contributed by atoms with Gasteiger partial charge in [-0.05, 0) is 60.8 Å². The van der Waals surface area contributed by atoms with Crippen molar-refractivity contribution in [3.8, 4) is 6.07 Å². The molecule has 0 aliphatic heterocycles. The Hall–Kier alpha value is -4.13. The fraction of sp³-hybridized carbons (Fsp3) is 0.286. The summed E-state index contributed by atoms with van der Waals surface area (Å²) in [7, 11) is 0. The fourth-order valence-corrected chi connectivity index (χ4v) is 4.16. The van der Waals surface area contributed by atoms with Crippen molar-refractivity contribution >= 4 is 33.5 Å². The van der Waals surface area contributed by atoms with Gasteiger partial charge in [-0.15, -0.1) is 0 Å². The molecule has 0 aliphatic rings. The molecule has 2 heterocycles. The van der Waals surface area contributed by atoms with Crippen molar-refractivity contribution in [3.63, 3.8) is 0 Å². The number of carboxylic acid groups (broad SMARTS) is 1. The molecular weight excluding hydrogens is 473 g/mol. The number of rotatable bonds is 13. The van der Waals surface area contributed by atoms with Gasteiger partial charge in [-0.25, -0.2) is 14.2 Å². The minimum atomic E-state index is -0.994. The third kappa shape index (κ3) is 6.97. The molecular formula is C28H28FN5O3. The molecule has 0 spiro atoms. The lowest BCUT2D eigenvalue weighted by molar-refractivity contribution is 0.0697. The lowest BCUT2D eigenvalue weighted by Gasteiger charge is -2.12. The summed E-state index contributed by atoms with van der Waals surface area (Å²) < 4.78 is 19.4. The molecule has 0 saturated carbocycles. The highest BCUT2D eigenvalue weighted by atomic mass is 19.1. The molecule has 0 saturated heterocycles. The average molecular weight is 502 g/mol. The number of pyridine rings is 2. The summed E-state index contributed by atoms with van der Waals surface area (Å²) in [6.45, 7) is 3.01. The average Bonchev–Trinajstić information content (AvgIpc) is 2.89. The van der Waals surface area contributed by atoms with Crippen LogP contribution >= 0.6 is 0 Å². The third-order valence-corrected chi connectivity index (χ3v) is 5.90. The molecule has 0 atom stereocenters. The van der Waals surface area contributed by atoms with Crippen molar-refractivity contribution < 1.29 is 19.0 Å². The molecule has 4 rings (SSSR count). The highest BCUT2D eigenvalue weighted by Gasteiger charge is 2.11. The molecule has 8 nitrogen and oxygen atoms in total. The number of halogens is 1. The number of anilines is 1. The summed E-state index contributed by atoms with van der Waals surface area (Å²) in [6, 6.07) is 13.6. The highest BCUT2D eigenvalue weighted by Crippen LogP contribution is 2.29. The van der Waals surface area contributed by atoms with Gasteiger partial charge in [-0.2, -0.15) is 5.26 Å². The second-order valence-electron chi connectivity index (χ2n) is 8.64. The number of carboxylic acids is 1. The van der Waals surface area contributed by atoms with E-state index < -0.39 is 5.97 Å². The second-order valence-corrected chi connectivity index (χ2v) is 8.64. The number of nitrogens with one attached hydrogen (secondary N) is 2. The number of hydrogen-bond donors (Lipinski definition) is 3. The molecule has 37 heavy (non-hydrogen) atoms. The smallest absolute Gasteiger partial charge is 0.335 e. The summed E-state index contributed by atoms with van der Waals surface area (Å²) in [5, 5.41) is 27.4. The number of nitriles is 1. The van der Waals surface area contributed by atoms with Crippen LogP contribution in [0.25, 0.3) is 21.7 Å². The van der Waals surface area contributed by atoms with Gasteiger partial charge in [0.15, 0.2) is 0 Å². The van der Waals surface area contributed by atoms with Gasteiger partial charge in [0, 0.05) is 48.2 Å². The zero-order valence-corrected chi connectivity index (χ0v) is 20.3. The Kier molecular flexibility index (Phi) is 8.92. The monoisotopic (exact) mass is 501 g/mol. The summed E-state index contributed by atoms with van der Waals surface area (Å²) in [5.74, 6) is -0.651. The Morgan fingerprint density at radius 3 is 2.73 bits per heavy atom. The Morgan fingerprint density at radius 2 is 1.89 bits per heavy atom. The maximum atomic E-state index is 13.6. The first-order valence-corrected chi connectivity index (χ1v) is 12.1. The largest absolute Gasteiger partial charge is 0.478 e. The summed E-state index contributed by atoms with van der Waals surface area (Å²) in [4.78, 5) is 20.2. The lowest BCUT2D eigenvalue weighted by atomic mass is 10.1. The van der Waals surface area contributed by atoms with Crippen molar-refractivity contribution in [2.45, 2.75) is 25.8 Å². The Labute approximate surface area is 214 Å². The van der Waals surface area contributed by atoms with E-state index in [0.29, 0.717) is 43.2 Å². The molecule has 0 amide bonds. The van der Waals surface area contributed by atoms with Crippen LogP contribution < -0.4 is 10.6 Å². The molecule has 190 valence electrons. The van der Waals surface area contributed by atoms with Crippen LogP contribution in [0.5, 0.6) is 0 Å². The van der Waals surface area contributed by atoms with Crippen LogP contribution in [0.4, 0.5) is 10.2 Å². The van der Waals surface area contributed by atoms with Gasteiger partial charge in [0.25, 0.3) is 0 Å². The number of fused-ring (bicyclic) bond motifs is 3. The van der Waals surface area contributed by atoms with Gasteiger partial charge in [-0.3, -0.25) is 4.98 Å². The van der Waals surface area contributed by atoms with E-state index in [4.69, 9.17) is 10.00 Å². The number of hydrogen-bond acceptors (Lipinski definition) is 7. The van der Waals surface area contributed by atoms with Crippen LogP contribution in [0.1, 0.15) is 34.3 Å². The molecule has 2 aromatic heterocycles. The molecule has 0 fully saturated rings. The fourth-order valence-electron chi connectivity index (χ4n) is 4.16. The Balaban J connectivity index is 1.20. The van der Waals surface area contributed by atoms with E-state index in [2.05, 4.69) is 20.6 Å². The van der Waals surface area contributed by atoms with Crippen LogP contribution in [0.15, 0.2) is 54.9 Å². The zero-order valence-electron chi connectivity index (χ0n) is 20.3. The van der Waals surface area contributed by atoms with Gasteiger partial charge in [0.05, 0.1) is 30.2 Å². The van der Waals surface area contributed by atoms with Gasteiger partial charge >= 0.3 is 5.97 Å². The van der Waals surface area contributed by atoms with Crippen LogP contribution in [0.2, 0.25) is 0 Å². The minimum Gasteiger partial charge on any atom is -0.478 e. The van der Waals surface area contributed by atoms with E-state index in [1.54, 1.807) is 30.6 Å². The molecule has 0 bridgehead atoms. The van der Waals surface area contributed by atoms with E-state index >= 15 is 0 Å². The molecule has 0 aliphatic carbocycles. The quantitative estimate of drug-likeness (QED) is 0.178. The lowest BCUT2D eigenvalue weighted by Crippen LogP contribution is -2.16. The number of unbranched alkanes of at least 4 members (excludes halogenated alkanes) is 1. The molecule has 0 radical (unpaired) electrons. The van der Waals surface area contributed by atoms with Crippen LogP contribution in [0, 0.1) is 17.1 Å². The van der Waals surface area contributed by atoms with E-state index in [9.17, 15) is 14.3 Å². The van der Waals surface area contributed by atoms with Gasteiger partial charge in [0.2, 0.25) is 0 Å². The number of nitrogens with zero attached hydrogens (tertiary/aromatic N) is 3. The van der Waals surface area contributed by atoms with E-state index in [0.717, 1.165) is 41.1 Å². The first kappa shape index (κ1) is 25.9. The van der Waals surface area contributed by atoms with Crippen molar-refractivity contribution in [1.29, 1.82) is 5.26 Å². The topological polar surface area (TPSA) is 120 Å². The van der Waals surface area contributed by atoms with Gasteiger partial charge < -0.3 is 20.5 Å². The molecule has 3 N–H and O–H groups in total. The van der Waals surface area contributed by atoms with Crippen molar-refractivity contribution in [2.24, 2.45) is 0 Å². The number of aromatic nitrogens is 2. The van der Waals surface area contributed by atoms with E-state index in [-0.39, 0.29) is 17.8 Å². The second kappa shape index (κ2) is 12.7. The predicted molar refractivity (Wildman–Crippen MR) is 140 cm³/mol. The number of benzene rings is 2. The first-order chi connectivity index (χ1) is 18.0. The van der Waals surface area contributed by atoms with Crippen molar-refractivity contribution in [1.82, 2.24) is 15.3 Å². The number of ether oxygens (including phenoxy) is 1. The van der Waals surface area contributed by atoms with Crippen LogP contribution in [-0.4, -0.2) is 47.3 Å². The van der Waals surface area contributed by atoms with Crippen LogP contribution in [-0.2, 0) is 17.7 Å². The first-order valence-electron chi connectivity index (χ1n) is 12.1. The molecule has 9 heteroatoms. The zero-order chi connectivity index (χ0) is 26.0. The highest BCUT2D eigenvalue weighted by molar-refractivity contribution is 6.10. The van der Waals surface area contributed by atoms with Gasteiger partial charge in [-0.1, -0.05) is 12.1 Å². The Bertz CT molecular complexity index is 1440. The molecule has 2 aromatic carbocycles. The molecule has 4 aromatic rings. The summed E-state index contributed by atoms with van der Waals surface area (Å²) in [5.41, 5.74) is 2.30. The SMILES string of the molecule is N#CCc1cc(F)cc(CNCCCCOCCNc2nc3cc(C(=O)O)ccc3c3cnccc23)c1. The standard InChI is InChI=1S/C28H28FN5O3/c29-22-14-19(5-7-30)13-20(15-22)17-31-8-1-2-11-37-12-10-33-27-24-6-9-32-18-25(24)23-4-3-21(28(35)36)16-26(23)34-27/h3-4,6,9,13-16,18,31H,1-2,5,8,10-12,17H2,(H,33,34)(H,35,36). The van der Waals surface area contributed by atoms with Gasteiger partial charge in [0.1, 0.15) is 11.6 Å². The predicted octanol–water partition coefficient (Wildman–Crippen LogP) is 4.68. The minimum absolute atomic E-state index is 0.187. The normalized spacial score (nSPS) is 11.0. The summed E-state index contributed by atoms with van der Waals surface area (Å²) >= 11 is 0. The molecule has 0 unspecified atom stereocenters. The maximum absolute atomic E-state index is 13.6. The van der Waals surface area contributed by atoms with Crippen LogP contribution in [0.3, 0.4) is 0 Å². The maximum Gasteiger partial charge on any atom is 0.335 e. The summed E-state index contributed by atoms with van der Waals surface area (Å²) in [6.07, 6.45) is 5.47. The number of aromatic carboxylic acids is 1. The van der Waals surface area contributed by atoms with E-state index in [1.807, 2.05) is 18.2 Å². The Morgan fingerprint density at radius 1 is 1.03 bits per heavy atom. The van der Waals surface area contributed by atoms with E-state index in [1.165, 1.54) is 12.1 Å². The third-order valence-electron chi connectivity index (χ3n) is 5.90. The number of carbonyl (C=O) groups is 1.